The molecular formula is C28H54N4O8Si2. The molecule has 0 fully saturated rings. The molecule has 4 amide bonds. The van der Waals surface area contributed by atoms with Gasteiger partial charge >= 0.3 is 29.7 Å². The number of amides is 4. The van der Waals surface area contributed by atoms with Crippen LogP contribution in [0.25, 0.3) is 0 Å². The molecule has 0 atom stereocenters. The number of carbonyl (C=O) groups excluding carboxylic acids is 2. The van der Waals surface area contributed by atoms with Crippen LogP contribution in [0.4, 0.5) is 9.59 Å². The standard InChI is InChI=1S/C28H54N4O8Si2/c1-7-35-41(36-8-2,37-9-3)21-13-19-29-27(33)31-23-25-15-17-26(18-16-25)24-32-28(34)30-20-14-22-42(38-10-4,39-11-5)40-12-6/h15-18H,7-14,19-24H2,1-6H3,(H2,29,31,33)(H2,30,32,34). The Balaban J connectivity index is 2.33. The van der Waals surface area contributed by atoms with Gasteiger partial charge in [-0.15, -0.1) is 0 Å². The van der Waals surface area contributed by atoms with Crippen molar-refractivity contribution < 1.29 is 36.1 Å². The van der Waals surface area contributed by atoms with E-state index < -0.39 is 17.6 Å². The summed E-state index contributed by atoms with van der Waals surface area (Å²) in [6.45, 7) is 16.5. The first-order chi connectivity index (χ1) is 20.3. The molecule has 1 aromatic rings. The highest BCUT2D eigenvalue weighted by Gasteiger charge is 2.40. The van der Waals surface area contributed by atoms with E-state index in [9.17, 15) is 9.59 Å². The van der Waals surface area contributed by atoms with Crippen LogP contribution in [0.1, 0.15) is 65.5 Å². The minimum Gasteiger partial charge on any atom is -0.374 e. The second-order valence-electron chi connectivity index (χ2n) is 9.21. The number of rotatable bonds is 24. The van der Waals surface area contributed by atoms with Gasteiger partial charge < -0.3 is 47.8 Å². The molecule has 0 aliphatic heterocycles. The third-order valence-electron chi connectivity index (χ3n) is 6.01. The second-order valence-corrected chi connectivity index (χ2v) is 14.7. The first-order valence-electron chi connectivity index (χ1n) is 15.3. The Labute approximate surface area is 254 Å². The van der Waals surface area contributed by atoms with Gasteiger partial charge in [0, 0.05) is 77.9 Å². The van der Waals surface area contributed by atoms with Gasteiger partial charge in [0.25, 0.3) is 0 Å². The van der Waals surface area contributed by atoms with E-state index >= 15 is 0 Å². The molecular weight excluding hydrogens is 577 g/mol. The maximum Gasteiger partial charge on any atom is 0.500 e. The summed E-state index contributed by atoms with van der Waals surface area (Å²) < 4.78 is 35.1. The molecule has 1 aromatic carbocycles. The third-order valence-corrected chi connectivity index (χ3v) is 12.3. The molecule has 4 N–H and O–H groups in total. The van der Waals surface area contributed by atoms with Crippen LogP contribution in [0.15, 0.2) is 24.3 Å². The maximum atomic E-state index is 12.2. The van der Waals surface area contributed by atoms with E-state index in [2.05, 4.69) is 21.3 Å². The van der Waals surface area contributed by atoms with Gasteiger partial charge in [-0.2, -0.15) is 0 Å². The van der Waals surface area contributed by atoms with E-state index in [0.29, 0.717) is 90.8 Å². The van der Waals surface area contributed by atoms with Crippen LogP contribution in [0.5, 0.6) is 0 Å². The van der Waals surface area contributed by atoms with Crippen LogP contribution in [-0.2, 0) is 39.6 Å². The zero-order valence-electron chi connectivity index (χ0n) is 26.5. The fraction of sp³-hybridized carbons (Fsp3) is 0.714. The largest absolute Gasteiger partial charge is 0.500 e. The van der Waals surface area contributed by atoms with Gasteiger partial charge in [-0.25, -0.2) is 9.59 Å². The molecule has 0 aliphatic rings. The van der Waals surface area contributed by atoms with Crippen molar-refractivity contribution >= 4 is 29.7 Å². The van der Waals surface area contributed by atoms with Crippen molar-refractivity contribution in [2.75, 3.05) is 52.7 Å². The molecule has 14 heteroatoms. The molecule has 0 aromatic heterocycles. The van der Waals surface area contributed by atoms with Crippen molar-refractivity contribution in [3.63, 3.8) is 0 Å². The summed E-state index contributed by atoms with van der Waals surface area (Å²) in [7, 11) is -5.39. The molecule has 0 aliphatic carbocycles. The third kappa shape index (κ3) is 15.4. The van der Waals surface area contributed by atoms with E-state index in [-0.39, 0.29) is 12.1 Å². The summed E-state index contributed by atoms with van der Waals surface area (Å²) in [4.78, 5) is 24.5. The molecule has 12 nitrogen and oxygen atoms in total. The van der Waals surface area contributed by atoms with Crippen LogP contribution in [0.3, 0.4) is 0 Å². The molecule has 0 unspecified atom stereocenters. The molecule has 0 saturated carbocycles. The molecule has 242 valence electrons. The molecule has 0 heterocycles. The van der Waals surface area contributed by atoms with Gasteiger partial charge in [-0.1, -0.05) is 24.3 Å². The zero-order valence-corrected chi connectivity index (χ0v) is 28.5. The minimum absolute atomic E-state index is 0.238. The fourth-order valence-electron chi connectivity index (χ4n) is 4.28. The predicted octanol–water partition coefficient (Wildman–Crippen LogP) is 4.16. The van der Waals surface area contributed by atoms with E-state index in [1.807, 2.05) is 65.8 Å². The normalized spacial score (nSPS) is 11.8. The van der Waals surface area contributed by atoms with Crippen molar-refractivity contribution in [2.45, 2.75) is 79.6 Å². The Morgan fingerprint density at radius 1 is 0.524 bits per heavy atom. The number of hydrogen-bond donors (Lipinski definition) is 4. The Morgan fingerprint density at radius 3 is 1.07 bits per heavy atom. The van der Waals surface area contributed by atoms with Gasteiger partial charge in [0.05, 0.1) is 0 Å². The minimum atomic E-state index is -2.70. The lowest BCUT2D eigenvalue weighted by Gasteiger charge is -2.28. The quantitative estimate of drug-likeness (QED) is 0.0987. The van der Waals surface area contributed by atoms with Gasteiger partial charge in [-0.05, 0) is 65.5 Å². The van der Waals surface area contributed by atoms with Crippen LogP contribution >= 0.6 is 0 Å². The van der Waals surface area contributed by atoms with Crippen molar-refractivity contribution in [2.24, 2.45) is 0 Å². The molecule has 0 spiro atoms. The van der Waals surface area contributed by atoms with E-state index in [4.69, 9.17) is 26.6 Å². The number of carbonyl (C=O) groups is 2. The van der Waals surface area contributed by atoms with Crippen molar-refractivity contribution in [1.29, 1.82) is 0 Å². The van der Waals surface area contributed by atoms with Crippen molar-refractivity contribution in [3.8, 4) is 0 Å². The smallest absolute Gasteiger partial charge is 0.374 e. The lowest BCUT2D eigenvalue weighted by atomic mass is 10.1. The highest BCUT2D eigenvalue weighted by molar-refractivity contribution is 6.61. The van der Waals surface area contributed by atoms with E-state index in [0.717, 1.165) is 11.1 Å². The summed E-state index contributed by atoms with van der Waals surface area (Å²) in [5.74, 6) is 0. The molecule has 0 radical (unpaired) electrons. The summed E-state index contributed by atoms with van der Waals surface area (Å²) in [5, 5.41) is 11.5. The first-order valence-corrected chi connectivity index (χ1v) is 19.1. The average molecular weight is 631 g/mol. The summed E-state index contributed by atoms with van der Waals surface area (Å²) in [6.07, 6.45) is 1.40. The SMILES string of the molecule is CCO[Si](CCCNC(=O)NCc1ccc(CNC(=O)NCCC[Si](OCC)(OCC)OCC)cc1)(OCC)OCC. The van der Waals surface area contributed by atoms with Crippen LogP contribution < -0.4 is 21.3 Å². The second kappa shape index (κ2) is 22.5. The monoisotopic (exact) mass is 630 g/mol. The Bertz CT molecular complexity index is 764. The summed E-state index contributed by atoms with van der Waals surface area (Å²) in [6, 6.07) is 8.54. The van der Waals surface area contributed by atoms with Crippen molar-refractivity contribution in [3.05, 3.63) is 35.4 Å². The van der Waals surface area contributed by atoms with Crippen LogP contribution in [0.2, 0.25) is 12.1 Å². The Kier molecular flexibility index (Phi) is 20.3. The summed E-state index contributed by atoms with van der Waals surface area (Å²) >= 11 is 0. The van der Waals surface area contributed by atoms with E-state index in [1.165, 1.54) is 0 Å². The van der Waals surface area contributed by atoms with Crippen molar-refractivity contribution in [1.82, 2.24) is 21.3 Å². The average Bonchev–Trinajstić information content (AvgIpc) is 2.97. The first kappa shape index (κ1) is 38.0. The van der Waals surface area contributed by atoms with Crippen LogP contribution in [-0.4, -0.2) is 82.4 Å². The maximum absolute atomic E-state index is 12.2. The number of nitrogens with one attached hydrogen (secondary N) is 4. The topological polar surface area (TPSA) is 138 Å². The lowest BCUT2D eigenvalue weighted by Crippen LogP contribution is -2.46. The lowest BCUT2D eigenvalue weighted by molar-refractivity contribution is 0.0700. The summed E-state index contributed by atoms with van der Waals surface area (Å²) in [5.41, 5.74) is 1.92. The van der Waals surface area contributed by atoms with Gasteiger partial charge in [0.1, 0.15) is 0 Å². The van der Waals surface area contributed by atoms with Gasteiger partial charge in [-0.3, -0.25) is 0 Å². The highest BCUT2D eigenvalue weighted by atomic mass is 28.4. The number of hydrogen-bond acceptors (Lipinski definition) is 8. The Morgan fingerprint density at radius 2 is 0.810 bits per heavy atom. The molecule has 0 bridgehead atoms. The Hall–Kier alpha value is -2.05. The van der Waals surface area contributed by atoms with E-state index in [1.54, 1.807) is 0 Å². The van der Waals surface area contributed by atoms with Gasteiger partial charge in [0.15, 0.2) is 0 Å². The zero-order chi connectivity index (χ0) is 31.1. The van der Waals surface area contributed by atoms with Gasteiger partial charge in [0.2, 0.25) is 0 Å². The number of urea groups is 2. The highest BCUT2D eigenvalue weighted by Crippen LogP contribution is 2.18. The molecule has 0 saturated heterocycles. The van der Waals surface area contributed by atoms with Crippen LogP contribution in [0, 0.1) is 0 Å². The number of benzene rings is 1. The molecule has 1 rings (SSSR count). The fourth-order valence-corrected chi connectivity index (χ4v) is 9.51. The molecule has 42 heavy (non-hydrogen) atoms. The predicted molar refractivity (Wildman–Crippen MR) is 167 cm³/mol.